The predicted molar refractivity (Wildman–Crippen MR) is 78.6 cm³/mol. The molecule has 0 N–H and O–H groups in total. The first kappa shape index (κ1) is 14.7. The minimum absolute atomic E-state index is 0.0453. The molecule has 0 atom stereocenters. The van der Waals surface area contributed by atoms with Gasteiger partial charge in [0.1, 0.15) is 0 Å². The van der Waals surface area contributed by atoms with E-state index in [-0.39, 0.29) is 30.7 Å². The Morgan fingerprint density at radius 1 is 1.14 bits per heavy atom. The van der Waals surface area contributed by atoms with Gasteiger partial charge < -0.3 is 9.64 Å². The van der Waals surface area contributed by atoms with Crippen LogP contribution in [-0.4, -0.2) is 60.4 Å². The molecule has 0 aromatic heterocycles. The highest BCUT2D eigenvalue weighted by Gasteiger charge is 2.35. The molecule has 0 unspecified atom stereocenters. The van der Waals surface area contributed by atoms with E-state index in [4.69, 9.17) is 4.74 Å². The maximum Gasteiger partial charge on any atom is 0.261 e. The zero-order chi connectivity index (χ0) is 15.7. The van der Waals surface area contributed by atoms with E-state index in [1.54, 1.807) is 17.0 Å². The summed E-state index contributed by atoms with van der Waals surface area (Å²) in [5.41, 5.74) is 1.80. The van der Waals surface area contributed by atoms with Crippen molar-refractivity contribution in [2.24, 2.45) is 0 Å². The van der Waals surface area contributed by atoms with Crippen LogP contribution in [0.5, 0.6) is 0 Å². The monoisotopic (exact) mass is 302 g/mol. The highest BCUT2D eigenvalue weighted by Crippen LogP contribution is 2.24. The second-order valence-corrected chi connectivity index (χ2v) is 5.55. The topological polar surface area (TPSA) is 66.9 Å². The van der Waals surface area contributed by atoms with Crippen molar-refractivity contribution in [1.29, 1.82) is 0 Å². The molecule has 1 aromatic rings. The largest absolute Gasteiger partial charge is 0.378 e. The van der Waals surface area contributed by atoms with Crippen molar-refractivity contribution in [2.75, 3.05) is 32.8 Å². The van der Waals surface area contributed by atoms with Crippen molar-refractivity contribution in [2.45, 2.75) is 13.3 Å². The van der Waals surface area contributed by atoms with E-state index >= 15 is 0 Å². The van der Waals surface area contributed by atoms with Gasteiger partial charge in [-0.05, 0) is 19.1 Å². The Bertz CT molecular complexity index is 635. The third-order valence-electron chi connectivity index (χ3n) is 4.04. The van der Waals surface area contributed by atoms with E-state index in [1.165, 1.54) is 4.90 Å². The number of ether oxygens (including phenoxy) is 1. The van der Waals surface area contributed by atoms with Gasteiger partial charge >= 0.3 is 0 Å². The van der Waals surface area contributed by atoms with Gasteiger partial charge in [-0.2, -0.15) is 0 Å². The van der Waals surface area contributed by atoms with E-state index in [0.29, 0.717) is 37.4 Å². The molecule has 0 bridgehead atoms. The van der Waals surface area contributed by atoms with Crippen molar-refractivity contribution < 1.29 is 19.1 Å². The molecule has 3 amide bonds. The molecule has 3 rings (SSSR count). The van der Waals surface area contributed by atoms with Crippen molar-refractivity contribution in [3.05, 3.63) is 34.9 Å². The van der Waals surface area contributed by atoms with Gasteiger partial charge in [0.15, 0.2) is 0 Å². The minimum atomic E-state index is -0.310. The summed E-state index contributed by atoms with van der Waals surface area (Å²) in [6.07, 6.45) is 0.157. The highest BCUT2D eigenvalue weighted by molar-refractivity contribution is 6.21. The summed E-state index contributed by atoms with van der Waals surface area (Å²) >= 11 is 0. The Morgan fingerprint density at radius 2 is 1.82 bits per heavy atom. The number of aryl methyl sites for hydroxylation is 1. The fourth-order valence-electron chi connectivity index (χ4n) is 2.79. The van der Waals surface area contributed by atoms with Crippen LogP contribution in [0, 0.1) is 6.92 Å². The van der Waals surface area contributed by atoms with Gasteiger partial charge in [0.2, 0.25) is 5.91 Å². The van der Waals surface area contributed by atoms with E-state index in [0.717, 1.165) is 5.56 Å². The van der Waals surface area contributed by atoms with Gasteiger partial charge in [-0.1, -0.05) is 11.6 Å². The first-order valence-electron chi connectivity index (χ1n) is 7.40. The maximum absolute atomic E-state index is 12.3. The molecule has 2 aliphatic rings. The first-order valence-corrected chi connectivity index (χ1v) is 7.40. The number of hydrogen-bond acceptors (Lipinski definition) is 4. The van der Waals surface area contributed by atoms with Crippen LogP contribution in [0.4, 0.5) is 0 Å². The van der Waals surface area contributed by atoms with Crippen molar-refractivity contribution in [3.63, 3.8) is 0 Å². The molecule has 22 heavy (non-hydrogen) atoms. The molecule has 0 radical (unpaired) electrons. The second kappa shape index (κ2) is 5.88. The van der Waals surface area contributed by atoms with Crippen LogP contribution in [0.25, 0.3) is 0 Å². The number of fused-ring (bicyclic) bond motifs is 1. The molecule has 0 spiro atoms. The Labute approximate surface area is 128 Å². The van der Waals surface area contributed by atoms with Crippen molar-refractivity contribution in [3.8, 4) is 0 Å². The number of benzene rings is 1. The van der Waals surface area contributed by atoms with E-state index in [2.05, 4.69) is 0 Å². The molecule has 1 fully saturated rings. The lowest BCUT2D eigenvalue weighted by Gasteiger charge is -2.27. The number of rotatable bonds is 3. The number of imide groups is 1. The lowest BCUT2D eigenvalue weighted by molar-refractivity contribution is -0.135. The third-order valence-corrected chi connectivity index (χ3v) is 4.04. The number of amides is 3. The zero-order valence-corrected chi connectivity index (χ0v) is 12.5. The van der Waals surface area contributed by atoms with E-state index in [1.807, 2.05) is 13.0 Å². The lowest BCUT2D eigenvalue weighted by Crippen LogP contribution is -2.42. The van der Waals surface area contributed by atoms with Crippen LogP contribution in [-0.2, 0) is 9.53 Å². The lowest BCUT2D eigenvalue weighted by atomic mass is 10.1. The zero-order valence-electron chi connectivity index (χ0n) is 12.5. The Hall–Kier alpha value is -2.21. The SMILES string of the molecule is Cc1ccc2c(c1)C(=O)N(CCC(=O)N1CCOCC1)C2=O. The average Bonchev–Trinajstić information content (AvgIpc) is 2.77. The van der Waals surface area contributed by atoms with Crippen molar-refractivity contribution in [1.82, 2.24) is 9.80 Å². The summed E-state index contributed by atoms with van der Waals surface area (Å²) in [5, 5.41) is 0. The molecule has 1 saturated heterocycles. The Kier molecular flexibility index (Phi) is 3.94. The smallest absolute Gasteiger partial charge is 0.261 e. The normalized spacial score (nSPS) is 17.9. The molecule has 6 nitrogen and oxygen atoms in total. The second-order valence-electron chi connectivity index (χ2n) is 5.55. The summed E-state index contributed by atoms with van der Waals surface area (Å²) < 4.78 is 5.20. The van der Waals surface area contributed by atoms with Crippen molar-refractivity contribution >= 4 is 17.7 Å². The van der Waals surface area contributed by atoms with Gasteiger partial charge in [-0.15, -0.1) is 0 Å². The highest BCUT2D eigenvalue weighted by atomic mass is 16.5. The van der Waals surface area contributed by atoms with Crippen LogP contribution in [0.2, 0.25) is 0 Å². The fourth-order valence-corrected chi connectivity index (χ4v) is 2.79. The molecule has 6 heteroatoms. The maximum atomic E-state index is 12.3. The van der Waals surface area contributed by atoms with Gasteiger partial charge in [0.05, 0.1) is 24.3 Å². The fraction of sp³-hybridized carbons (Fsp3) is 0.438. The molecule has 2 heterocycles. The molecule has 2 aliphatic heterocycles. The summed E-state index contributed by atoms with van der Waals surface area (Å²) in [6, 6.07) is 5.21. The molecule has 116 valence electrons. The minimum Gasteiger partial charge on any atom is -0.378 e. The van der Waals surface area contributed by atoms with Crippen LogP contribution in [0.1, 0.15) is 32.7 Å². The molecule has 0 saturated carbocycles. The van der Waals surface area contributed by atoms with Crippen LogP contribution in [0.3, 0.4) is 0 Å². The summed E-state index contributed by atoms with van der Waals surface area (Å²) in [4.78, 5) is 39.6. The van der Waals surface area contributed by atoms with Gasteiger partial charge in [0.25, 0.3) is 11.8 Å². The summed E-state index contributed by atoms with van der Waals surface area (Å²) in [5.74, 6) is -0.663. The third kappa shape index (κ3) is 2.62. The summed E-state index contributed by atoms with van der Waals surface area (Å²) in [7, 11) is 0. The number of hydrogen-bond donors (Lipinski definition) is 0. The van der Waals surface area contributed by atoms with E-state index in [9.17, 15) is 14.4 Å². The average molecular weight is 302 g/mol. The van der Waals surface area contributed by atoms with Gasteiger partial charge in [-0.25, -0.2) is 0 Å². The summed E-state index contributed by atoms with van der Waals surface area (Å²) in [6.45, 7) is 4.22. The molecular weight excluding hydrogens is 284 g/mol. The van der Waals surface area contributed by atoms with Crippen LogP contribution < -0.4 is 0 Å². The Balaban J connectivity index is 1.65. The standard InChI is InChI=1S/C16H18N2O4/c1-11-2-3-12-13(10-11)16(21)18(15(12)20)5-4-14(19)17-6-8-22-9-7-17/h2-3,10H,4-9H2,1H3. The Morgan fingerprint density at radius 3 is 2.55 bits per heavy atom. The quantitative estimate of drug-likeness (QED) is 0.776. The predicted octanol–water partition coefficient (Wildman–Crippen LogP) is 0.840. The molecule has 1 aromatic carbocycles. The molecular formula is C16H18N2O4. The number of carbonyl (C=O) groups excluding carboxylic acids is 3. The van der Waals surface area contributed by atoms with Crippen LogP contribution >= 0.6 is 0 Å². The molecule has 0 aliphatic carbocycles. The first-order chi connectivity index (χ1) is 10.6. The van der Waals surface area contributed by atoms with Gasteiger partial charge in [0, 0.05) is 26.1 Å². The van der Waals surface area contributed by atoms with E-state index < -0.39 is 0 Å². The number of nitrogens with zero attached hydrogens (tertiary/aromatic N) is 2. The van der Waals surface area contributed by atoms with Crippen LogP contribution in [0.15, 0.2) is 18.2 Å². The number of morpholine rings is 1. The van der Waals surface area contributed by atoms with Gasteiger partial charge in [-0.3, -0.25) is 19.3 Å². The number of carbonyl (C=O) groups is 3.